The maximum atomic E-state index is 13.2. The highest BCUT2D eigenvalue weighted by Crippen LogP contribution is 2.22. The molecule has 0 radical (unpaired) electrons. The van der Waals surface area contributed by atoms with Gasteiger partial charge in [-0.05, 0) is 42.7 Å². The summed E-state index contributed by atoms with van der Waals surface area (Å²) in [5, 5.41) is 14.4. The Bertz CT molecular complexity index is 729. The van der Waals surface area contributed by atoms with Crippen LogP contribution in [0.1, 0.15) is 24.2 Å². The van der Waals surface area contributed by atoms with Crippen LogP contribution in [0.25, 0.3) is 0 Å². The summed E-state index contributed by atoms with van der Waals surface area (Å²) in [5.74, 6) is -0.374. The molecule has 0 spiro atoms. The van der Waals surface area contributed by atoms with Gasteiger partial charge in [0.25, 0.3) is 0 Å². The van der Waals surface area contributed by atoms with E-state index >= 15 is 0 Å². The van der Waals surface area contributed by atoms with Gasteiger partial charge in [-0.25, -0.2) is 14.0 Å². The molecular formula is C15H18ClFN6O. The van der Waals surface area contributed by atoms with Crippen molar-refractivity contribution in [3.05, 3.63) is 40.4 Å². The first-order chi connectivity index (χ1) is 11.6. The average Bonchev–Trinajstić information content (AvgIpc) is 3.06. The van der Waals surface area contributed by atoms with Crippen LogP contribution < -0.4 is 16.4 Å². The zero-order valence-corrected chi connectivity index (χ0v) is 13.7. The standard InChI is InChI=1S/C15H18ClFN6O/c16-11-6-9(3-4-12(11)17)21-15(18)14-13(22-24-23-14)8-20-10-2-1-5-19-7-10/h3-4,6,10,19-20H,1-2,5,7-8H2,(H2,18,21). The Balaban J connectivity index is 1.70. The van der Waals surface area contributed by atoms with Gasteiger partial charge in [-0.3, -0.25) is 0 Å². The Morgan fingerprint density at radius 2 is 2.38 bits per heavy atom. The number of nitrogens with one attached hydrogen (secondary N) is 2. The van der Waals surface area contributed by atoms with Crippen LogP contribution in [0.3, 0.4) is 0 Å². The molecule has 1 fully saturated rings. The van der Waals surface area contributed by atoms with Crippen molar-refractivity contribution < 1.29 is 9.02 Å². The number of halogens is 2. The molecule has 0 bridgehead atoms. The van der Waals surface area contributed by atoms with Crippen LogP contribution >= 0.6 is 11.6 Å². The number of benzene rings is 1. The second kappa shape index (κ2) is 7.69. The van der Waals surface area contributed by atoms with Crippen LogP contribution in [0.2, 0.25) is 5.02 Å². The van der Waals surface area contributed by atoms with Gasteiger partial charge in [0.2, 0.25) is 0 Å². The van der Waals surface area contributed by atoms with Crippen molar-refractivity contribution in [3.63, 3.8) is 0 Å². The summed E-state index contributed by atoms with van der Waals surface area (Å²) >= 11 is 5.74. The van der Waals surface area contributed by atoms with Gasteiger partial charge in [-0.2, -0.15) is 0 Å². The van der Waals surface area contributed by atoms with Crippen LogP contribution in [-0.2, 0) is 6.54 Å². The number of hydrogen-bond acceptors (Lipinski definition) is 6. The third-order valence-corrected chi connectivity index (χ3v) is 4.10. The number of hydrogen-bond donors (Lipinski definition) is 3. The fourth-order valence-electron chi connectivity index (χ4n) is 2.53. The molecule has 2 aromatic rings. The molecule has 0 saturated carbocycles. The molecule has 1 aromatic carbocycles. The summed E-state index contributed by atoms with van der Waals surface area (Å²) < 4.78 is 18.0. The van der Waals surface area contributed by atoms with Gasteiger partial charge >= 0.3 is 0 Å². The fourth-order valence-corrected chi connectivity index (χ4v) is 2.71. The minimum atomic E-state index is -0.511. The summed E-state index contributed by atoms with van der Waals surface area (Å²) in [4.78, 5) is 4.20. The molecule has 3 rings (SSSR count). The molecule has 0 aliphatic carbocycles. The number of rotatable bonds is 5. The van der Waals surface area contributed by atoms with Crippen molar-refractivity contribution in [1.29, 1.82) is 0 Å². The third-order valence-electron chi connectivity index (χ3n) is 3.81. The predicted molar refractivity (Wildman–Crippen MR) is 88.8 cm³/mol. The SMILES string of the molecule is NC(=Nc1ccc(F)c(Cl)c1)c1nonc1CNC1CCCNC1. The van der Waals surface area contributed by atoms with Crippen LogP contribution in [-0.4, -0.2) is 35.3 Å². The zero-order chi connectivity index (χ0) is 16.9. The van der Waals surface area contributed by atoms with Crippen molar-refractivity contribution >= 4 is 23.1 Å². The lowest BCUT2D eigenvalue weighted by molar-refractivity contribution is 0.299. The number of nitrogens with two attached hydrogens (primary N) is 1. The van der Waals surface area contributed by atoms with Crippen molar-refractivity contribution in [2.75, 3.05) is 13.1 Å². The highest BCUT2D eigenvalue weighted by atomic mass is 35.5. The highest BCUT2D eigenvalue weighted by Gasteiger charge is 2.17. The number of amidine groups is 1. The van der Waals surface area contributed by atoms with Gasteiger partial charge in [0.15, 0.2) is 11.5 Å². The van der Waals surface area contributed by atoms with Crippen molar-refractivity contribution in [2.45, 2.75) is 25.4 Å². The second-order valence-electron chi connectivity index (χ2n) is 5.58. The number of piperidine rings is 1. The lowest BCUT2D eigenvalue weighted by atomic mass is 10.1. The smallest absolute Gasteiger partial charge is 0.174 e. The Morgan fingerprint density at radius 1 is 1.50 bits per heavy atom. The van der Waals surface area contributed by atoms with Crippen LogP contribution in [0.5, 0.6) is 0 Å². The van der Waals surface area contributed by atoms with E-state index in [2.05, 4.69) is 25.9 Å². The molecule has 1 unspecified atom stereocenters. The van der Waals surface area contributed by atoms with E-state index in [4.69, 9.17) is 22.0 Å². The van der Waals surface area contributed by atoms with Gasteiger partial charge in [0, 0.05) is 19.1 Å². The van der Waals surface area contributed by atoms with E-state index in [9.17, 15) is 4.39 Å². The predicted octanol–water partition coefficient (Wildman–Crippen LogP) is 1.74. The second-order valence-corrected chi connectivity index (χ2v) is 5.99. The van der Waals surface area contributed by atoms with Gasteiger partial charge in [-0.15, -0.1) is 0 Å². The molecule has 2 heterocycles. The summed E-state index contributed by atoms with van der Waals surface area (Å²) in [6.07, 6.45) is 2.24. The Labute approximate surface area is 143 Å². The summed E-state index contributed by atoms with van der Waals surface area (Å²) in [7, 11) is 0. The summed E-state index contributed by atoms with van der Waals surface area (Å²) in [5.41, 5.74) is 7.35. The van der Waals surface area contributed by atoms with Crippen molar-refractivity contribution in [1.82, 2.24) is 20.9 Å². The average molecular weight is 353 g/mol. The highest BCUT2D eigenvalue weighted by molar-refractivity contribution is 6.31. The monoisotopic (exact) mass is 352 g/mol. The first-order valence-electron chi connectivity index (χ1n) is 7.68. The van der Waals surface area contributed by atoms with Gasteiger partial charge in [0.1, 0.15) is 11.5 Å². The molecule has 1 saturated heterocycles. The molecular weight excluding hydrogens is 335 g/mol. The van der Waals surface area contributed by atoms with E-state index in [0.717, 1.165) is 25.9 Å². The van der Waals surface area contributed by atoms with E-state index in [1.807, 2.05) is 0 Å². The quantitative estimate of drug-likeness (QED) is 0.559. The maximum absolute atomic E-state index is 13.2. The van der Waals surface area contributed by atoms with E-state index < -0.39 is 5.82 Å². The topological polar surface area (TPSA) is 101 Å². The van der Waals surface area contributed by atoms with Crippen LogP contribution in [0.4, 0.5) is 10.1 Å². The Kier molecular flexibility index (Phi) is 5.39. The first-order valence-corrected chi connectivity index (χ1v) is 8.06. The molecule has 1 aliphatic heterocycles. The molecule has 1 atom stereocenters. The zero-order valence-electron chi connectivity index (χ0n) is 12.9. The first kappa shape index (κ1) is 16.8. The minimum Gasteiger partial charge on any atom is -0.382 e. The van der Waals surface area contributed by atoms with Gasteiger partial charge in [0.05, 0.1) is 10.7 Å². The number of nitrogens with zero attached hydrogens (tertiary/aromatic N) is 3. The van der Waals surface area contributed by atoms with Gasteiger partial charge < -0.3 is 16.4 Å². The van der Waals surface area contributed by atoms with E-state index in [-0.39, 0.29) is 10.9 Å². The van der Waals surface area contributed by atoms with Crippen LogP contribution in [0, 0.1) is 5.82 Å². The number of aliphatic imine (C=N–C) groups is 1. The van der Waals surface area contributed by atoms with Crippen LogP contribution in [0.15, 0.2) is 27.8 Å². The van der Waals surface area contributed by atoms with E-state index in [1.54, 1.807) is 0 Å². The fraction of sp³-hybridized carbons (Fsp3) is 0.400. The normalized spacial score (nSPS) is 18.8. The largest absolute Gasteiger partial charge is 0.382 e. The lowest BCUT2D eigenvalue weighted by Crippen LogP contribution is -2.42. The summed E-state index contributed by atoms with van der Waals surface area (Å²) in [6, 6.07) is 4.47. The number of aromatic nitrogens is 2. The Hall–Kier alpha value is -2.03. The lowest BCUT2D eigenvalue weighted by Gasteiger charge is -2.23. The molecule has 1 aromatic heterocycles. The van der Waals surface area contributed by atoms with E-state index in [0.29, 0.717) is 29.7 Å². The van der Waals surface area contributed by atoms with Crippen molar-refractivity contribution in [2.24, 2.45) is 10.7 Å². The molecule has 128 valence electrons. The molecule has 4 N–H and O–H groups in total. The molecule has 0 amide bonds. The third kappa shape index (κ3) is 4.08. The maximum Gasteiger partial charge on any atom is 0.174 e. The van der Waals surface area contributed by atoms with Gasteiger partial charge in [-0.1, -0.05) is 16.8 Å². The summed E-state index contributed by atoms with van der Waals surface area (Å²) in [6.45, 7) is 2.44. The van der Waals surface area contributed by atoms with Crippen molar-refractivity contribution in [3.8, 4) is 0 Å². The Morgan fingerprint density at radius 3 is 3.12 bits per heavy atom. The molecule has 24 heavy (non-hydrogen) atoms. The molecule has 7 nitrogen and oxygen atoms in total. The molecule has 1 aliphatic rings. The van der Waals surface area contributed by atoms with E-state index in [1.165, 1.54) is 18.2 Å². The molecule has 9 heteroatoms. The minimum absolute atomic E-state index is 0.0194.